The molecule has 0 radical (unpaired) electrons. The van der Waals surface area contributed by atoms with Crippen LogP contribution in [0.4, 0.5) is 0 Å². The molecule has 0 aliphatic heterocycles. The van der Waals surface area contributed by atoms with Gasteiger partial charge in [0.2, 0.25) is 1.47 Å². The van der Waals surface area contributed by atoms with Crippen LogP contribution in [0.1, 0.15) is 0 Å². The minimum Gasteiger partial charge on any atom is -0.497 e. The minimum atomic E-state index is -1.22. The van der Waals surface area contributed by atoms with Crippen molar-refractivity contribution in [1.82, 2.24) is 0 Å². The van der Waals surface area contributed by atoms with Gasteiger partial charge in [0.15, 0.2) is 0 Å². The average Bonchev–Trinajstić information content (AvgIpc) is 2.15. The van der Waals surface area contributed by atoms with Crippen LogP contribution in [0.5, 0.6) is 5.75 Å². The lowest BCUT2D eigenvalue weighted by molar-refractivity contribution is 0.414. The zero-order chi connectivity index (χ0) is 10.8. The second-order valence-electron chi connectivity index (χ2n) is 2.39. The van der Waals surface area contributed by atoms with Gasteiger partial charge >= 0.3 is 0 Å². The van der Waals surface area contributed by atoms with E-state index in [4.69, 9.17) is 4.74 Å². The van der Waals surface area contributed by atoms with Crippen molar-refractivity contribution in [2.45, 2.75) is 6.37 Å². The lowest BCUT2D eigenvalue weighted by Crippen LogP contribution is -2.09. The molecular weight excluding hydrogens is 400 g/mol. The molecule has 78 valence electrons. The first-order valence-electron chi connectivity index (χ1n) is 3.58. The molecule has 1 atom stereocenters. The third-order valence-electron chi connectivity index (χ3n) is 1.48. The predicted octanol–water partition coefficient (Wildman–Crippen LogP) is 3.60. The fourth-order valence-electron chi connectivity index (χ4n) is 0.833. The second-order valence-corrected chi connectivity index (χ2v) is 12.3. The Hall–Kier alpha value is 0.610. The van der Waals surface area contributed by atoms with E-state index in [1.54, 1.807) is 31.4 Å². The fraction of sp³-hybridized carbons (Fsp3) is 0.250. The summed E-state index contributed by atoms with van der Waals surface area (Å²) in [6.07, 6.45) is 0. The highest BCUT2D eigenvalue weighted by Gasteiger charge is 2.27. The smallest absolute Gasteiger partial charge is 0.213 e. The van der Waals surface area contributed by atoms with Gasteiger partial charge in [-0.2, -0.15) is 0 Å². The van der Waals surface area contributed by atoms with Crippen LogP contribution in [-0.2, 0) is 10.8 Å². The SMILES string of the molecule is COc1ccc(S(=O)C(Br)(Br)Br)cc1. The maximum atomic E-state index is 11.8. The van der Waals surface area contributed by atoms with Crippen LogP contribution in [0.3, 0.4) is 0 Å². The maximum Gasteiger partial charge on any atom is 0.213 e. The van der Waals surface area contributed by atoms with Crippen LogP contribution in [-0.4, -0.2) is 12.8 Å². The molecule has 1 unspecified atom stereocenters. The monoisotopic (exact) mass is 404 g/mol. The number of methoxy groups -OCH3 is 1. The first-order chi connectivity index (χ1) is 6.45. The Labute approximate surface area is 110 Å². The molecule has 14 heavy (non-hydrogen) atoms. The normalized spacial score (nSPS) is 13.7. The van der Waals surface area contributed by atoms with Gasteiger partial charge in [-0.05, 0) is 72.1 Å². The molecule has 1 aromatic carbocycles. The van der Waals surface area contributed by atoms with Crippen molar-refractivity contribution in [1.29, 1.82) is 0 Å². The number of ether oxygens (including phenoxy) is 1. The van der Waals surface area contributed by atoms with Gasteiger partial charge < -0.3 is 4.74 Å². The van der Waals surface area contributed by atoms with E-state index in [0.717, 1.165) is 5.75 Å². The topological polar surface area (TPSA) is 26.3 Å². The Bertz CT molecular complexity index is 331. The van der Waals surface area contributed by atoms with Crippen LogP contribution in [0.2, 0.25) is 0 Å². The highest BCUT2D eigenvalue weighted by Crippen LogP contribution is 2.40. The Morgan fingerprint density at radius 3 is 2.07 bits per heavy atom. The van der Waals surface area contributed by atoms with Crippen molar-refractivity contribution in [3.8, 4) is 5.75 Å². The van der Waals surface area contributed by atoms with E-state index >= 15 is 0 Å². The quantitative estimate of drug-likeness (QED) is 0.701. The molecule has 2 nitrogen and oxygen atoms in total. The Morgan fingerprint density at radius 1 is 1.21 bits per heavy atom. The molecule has 1 aromatic rings. The molecule has 0 aliphatic rings. The third kappa shape index (κ3) is 3.32. The average molecular weight is 407 g/mol. The van der Waals surface area contributed by atoms with Crippen molar-refractivity contribution < 1.29 is 8.95 Å². The van der Waals surface area contributed by atoms with Gasteiger partial charge in [-0.1, -0.05) is 0 Å². The van der Waals surface area contributed by atoms with E-state index in [9.17, 15) is 4.21 Å². The molecule has 0 saturated carbocycles. The van der Waals surface area contributed by atoms with E-state index in [1.807, 2.05) is 0 Å². The number of alkyl halides is 3. The zero-order valence-electron chi connectivity index (χ0n) is 7.17. The number of halogens is 3. The van der Waals surface area contributed by atoms with Gasteiger partial charge in [0.25, 0.3) is 0 Å². The molecule has 1 rings (SSSR count). The summed E-state index contributed by atoms with van der Waals surface area (Å²) in [5.74, 6) is 0.745. The van der Waals surface area contributed by atoms with Gasteiger partial charge in [-0.3, -0.25) is 4.21 Å². The highest BCUT2D eigenvalue weighted by atomic mass is 80.0. The predicted molar refractivity (Wildman–Crippen MR) is 68.9 cm³/mol. The summed E-state index contributed by atoms with van der Waals surface area (Å²) >= 11 is 9.65. The van der Waals surface area contributed by atoms with E-state index in [0.29, 0.717) is 4.90 Å². The van der Waals surface area contributed by atoms with Crippen molar-refractivity contribution in [3.05, 3.63) is 24.3 Å². The molecule has 0 fully saturated rings. The second kappa shape index (κ2) is 5.09. The van der Waals surface area contributed by atoms with Crippen molar-refractivity contribution in [2.75, 3.05) is 7.11 Å². The summed E-state index contributed by atoms with van der Waals surface area (Å²) in [5.41, 5.74) is 0. The molecule has 0 spiro atoms. The zero-order valence-corrected chi connectivity index (χ0v) is 12.7. The van der Waals surface area contributed by atoms with Crippen LogP contribution in [0.25, 0.3) is 0 Å². The van der Waals surface area contributed by atoms with Crippen LogP contribution in [0.15, 0.2) is 29.2 Å². The molecule has 6 heteroatoms. The van der Waals surface area contributed by atoms with E-state index in [1.165, 1.54) is 0 Å². The summed E-state index contributed by atoms with van der Waals surface area (Å²) in [6.45, 7) is 0. The van der Waals surface area contributed by atoms with E-state index in [-0.39, 0.29) is 0 Å². The number of hydrogen-bond donors (Lipinski definition) is 0. The molecule has 0 aromatic heterocycles. The van der Waals surface area contributed by atoms with Crippen LogP contribution in [0, 0.1) is 0 Å². The molecule has 0 saturated heterocycles. The molecular formula is C8H7Br3O2S. The Kier molecular flexibility index (Phi) is 4.61. The number of benzene rings is 1. The summed E-state index contributed by atoms with van der Waals surface area (Å²) < 4.78 is 16.0. The summed E-state index contributed by atoms with van der Waals surface area (Å²) in [7, 11) is 0.376. The van der Waals surface area contributed by atoms with Crippen molar-refractivity contribution in [3.63, 3.8) is 0 Å². The molecule has 0 N–H and O–H groups in total. The van der Waals surface area contributed by atoms with Crippen LogP contribution < -0.4 is 4.74 Å². The van der Waals surface area contributed by atoms with Gasteiger partial charge in [0, 0.05) is 4.90 Å². The van der Waals surface area contributed by atoms with Gasteiger partial charge in [-0.25, -0.2) is 0 Å². The van der Waals surface area contributed by atoms with Crippen LogP contribution >= 0.6 is 47.8 Å². The maximum absolute atomic E-state index is 11.8. The molecule has 0 heterocycles. The lowest BCUT2D eigenvalue weighted by atomic mass is 10.3. The largest absolute Gasteiger partial charge is 0.497 e. The lowest BCUT2D eigenvalue weighted by Gasteiger charge is -2.11. The number of hydrogen-bond acceptors (Lipinski definition) is 2. The van der Waals surface area contributed by atoms with Crippen molar-refractivity contribution in [2.24, 2.45) is 0 Å². The molecule has 0 aliphatic carbocycles. The molecule has 0 bridgehead atoms. The third-order valence-corrected chi connectivity index (χ3v) is 5.25. The molecule has 0 amide bonds. The van der Waals surface area contributed by atoms with E-state index in [2.05, 4.69) is 47.8 Å². The fourth-order valence-corrected chi connectivity index (χ4v) is 3.17. The highest BCUT2D eigenvalue weighted by molar-refractivity contribution is 9.42. The standard InChI is InChI=1S/C8H7Br3O2S/c1-13-6-2-4-7(5-3-6)14(12)8(9,10)11/h2-5H,1H3. The summed E-state index contributed by atoms with van der Waals surface area (Å²) in [5, 5.41) is 0. The van der Waals surface area contributed by atoms with E-state index < -0.39 is 12.3 Å². The van der Waals surface area contributed by atoms with Crippen molar-refractivity contribution >= 4 is 58.6 Å². The first-order valence-corrected chi connectivity index (χ1v) is 7.10. The summed E-state index contributed by atoms with van der Waals surface area (Å²) in [4.78, 5) is 0.705. The number of rotatable bonds is 2. The first kappa shape index (κ1) is 12.7. The van der Waals surface area contributed by atoms with Gasteiger partial charge in [0.05, 0.1) is 17.9 Å². The van der Waals surface area contributed by atoms with Gasteiger partial charge in [-0.15, -0.1) is 0 Å². The van der Waals surface area contributed by atoms with Gasteiger partial charge in [0.1, 0.15) is 5.75 Å². The summed E-state index contributed by atoms with van der Waals surface area (Å²) in [6, 6.07) is 7.05. The Morgan fingerprint density at radius 2 is 1.71 bits per heavy atom. The Balaban J connectivity index is 2.93. The minimum absolute atomic E-state index is 0.705.